The van der Waals surface area contributed by atoms with E-state index in [4.69, 9.17) is 9.47 Å². The lowest BCUT2D eigenvalue weighted by Gasteiger charge is -2.17. The van der Waals surface area contributed by atoms with Gasteiger partial charge in [0, 0.05) is 0 Å². The fourth-order valence-corrected chi connectivity index (χ4v) is 2.42. The summed E-state index contributed by atoms with van der Waals surface area (Å²) >= 11 is 0. The Morgan fingerprint density at radius 3 is 2.76 bits per heavy atom. The molecule has 1 aliphatic heterocycles. The lowest BCUT2D eigenvalue weighted by molar-refractivity contribution is -0.0355. The van der Waals surface area contributed by atoms with Gasteiger partial charge in [-0.15, -0.1) is 0 Å². The zero-order chi connectivity index (χ0) is 18.6. The summed E-state index contributed by atoms with van der Waals surface area (Å²) in [5.74, 6) is -1.59. The monoisotopic (exact) mass is 358 g/mol. The molecule has 1 aromatic heterocycles. The van der Waals surface area contributed by atoms with E-state index in [9.17, 15) is 24.2 Å². The second-order valence-electron chi connectivity index (χ2n) is 5.81. The number of aliphatic hydroxyl groups is 2. The number of amides is 1. The van der Waals surface area contributed by atoms with Crippen molar-refractivity contribution >= 4 is 11.9 Å². The number of hydrogen-bond donors (Lipinski definition) is 3. The smallest absolute Gasteiger partial charge is 0.412 e. The Morgan fingerprint density at radius 1 is 1.44 bits per heavy atom. The van der Waals surface area contributed by atoms with Gasteiger partial charge in [0.25, 0.3) is 0 Å². The van der Waals surface area contributed by atoms with Gasteiger partial charge < -0.3 is 19.7 Å². The number of hydrogen-bond acceptors (Lipinski definition) is 7. The summed E-state index contributed by atoms with van der Waals surface area (Å²) in [4.78, 5) is 27.0. The first kappa shape index (κ1) is 19.3. The topological polar surface area (TPSA) is 123 Å². The molecule has 2 heterocycles. The lowest BCUT2D eigenvalue weighted by Crippen LogP contribution is -2.36. The molecule has 0 saturated carbocycles. The fourth-order valence-electron chi connectivity index (χ4n) is 2.42. The van der Waals surface area contributed by atoms with E-state index >= 15 is 0 Å². The van der Waals surface area contributed by atoms with Crippen molar-refractivity contribution in [3.63, 3.8) is 0 Å². The normalized spacial score (nSPS) is 25.8. The van der Waals surface area contributed by atoms with Gasteiger partial charge in [0.05, 0.1) is 18.9 Å². The minimum Gasteiger partial charge on any atom is -0.449 e. The molecule has 0 aromatic carbocycles. The average Bonchev–Trinajstić information content (AvgIpc) is 2.82. The van der Waals surface area contributed by atoms with Crippen LogP contribution in [0.25, 0.3) is 0 Å². The molecule has 1 fully saturated rings. The maximum atomic E-state index is 14.1. The van der Waals surface area contributed by atoms with Crippen molar-refractivity contribution in [2.45, 2.75) is 57.6 Å². The molecule has 1 amide bonds. The third-order valence-corrected chi connectivity index (χ3v) is 3.86. The minimum atomic E-state index is -1.41. The van der Waals surface area contributed by atoms with Crippen LogP contribution in [0.1, 0.15) is 39.3 Å². The summed E-state index contributed by atoms with van der Waals surface area (Å²) < 4.78 is 24.9. The highest BCUT2D eigenvalue weighted by atomic mass is 18.2. The van der Waals surface area contributed by atoms with Crippen LogP contribution in [-0.4, -0.2) is 50.8 Å². The molecule has 0 aliphatic carbocycles. The first-order valence-electron chi connectivity index (χ1n) is 8.09. The van der Waals surface area contributed by atoms with E-state index in [1.165, 1.54) is 6.92 Å². The quantitative estimate of drug-likeness (QED) is 0.642. The largest absolute Gasteiger partial charge is 0.449 e. The summed E-state index contributed by atoms with van der Waals surface area (Å²) in [7, 11) is 0. The van der Waals surface area contributed by atoms with E-state index in [1.54, 1.807) is 0 Å². The highest BCUT2D eigenvalue weighted by molar-refractivity contribution is 5.83. The first-order chi connectivity index (χ1) is 11.8. The van der Waals surface area contributed by atoms with Crippen LogP contribution in [0.3, 0.4) is 0 Å². The Morgan fingerprint density at radius 2 is 2.16 bits per heavy atom. The number of unbranched alkanes of at least 4 members (excludes halogenated alkanes) is 2. The molecule has 1 aromatic rings. The van der Waals surface area contributed by atoms with E-state index in [1.807, 2.05) is 6.92 Å². The van der Waals surface area contributed by atoms with Crippen molar-refractivity contribution in [1.82, 2.24) is 9.55 Å². The van der Waals surface area contributed by atoms with Crippen molar-refractivity contribution in [2.75, 3.05) is 11.9 Å². The molecular weight excluding hydrogens is 336 g/mol. The third kappa shape index (κ3) is 4.53. The molecule has 9 nitrogen and oxygen atoms in total. The van der Waals surface area contributed by atoms with Gasteiger partial charge in [-0.05, 0) is 13.3 Å². The van der Waals surface area contributed by atoms with Gasteiger partial charge >= 0.3 is 11.8 Å². The molecule has 140 valence electrons. The lowest BCUT2D eigenvalue weighted by atomic mass is 10.1. The van der Waals surface area contributed by atoms with Crippen LogP contribution < -0.4 is 11.0 Å². The summed E-state index contributed by atoms with van der Waals surface area (Å²) in [6, 6.07) is 0. The van der Waals surface area contributed by atoms with Gasteiger partial charge in [-0.25, -0.2) is 14.0 Å². The Hall–Kier alpha value is -2.04. The molecular formula is C15H22FN3O6. The third-order valence-electron chi connectivity index (χ3n) is 3.86. The Labute approximate surface area is 143 Å². The molecule has 2 rings (SSSR count). The number of ether oxygens (including phenoxy) is 2. The van der Waals surface area contributed by atoms with E-state index in [0.717, 1.165) is 23.6 Å². The van der Waals surface area contributed by atoms with Crippen LogP contribution in [-0.2, 0) is 9.47 Å². The maximum Gasteiger partial charge on any atom is 0.412 e. The second-order valence-corrected chi connectivity index (χ2v) is 5.81. The molecule has 0 radical (unpaired) electrons. The van der Waals surface area contributed by atoms with Crippen LogP contribution in [0.2, 0.25) is 0 Å². The molecule has 25 heavy (non-hydrogen) atoms. The number of anilines is 1. The number of aromatic nitrogens is 2. The Bertz CT molecular complexity index is 667. The Balaban J connectivity index is 2.07. The summed E-state index contributed by atoms with van der Waals surface area (Å²) in [6.45, 7) is 3.68. The van der Waals surface area contributed by atoms with Gasteiger partial charge in [-0.2, -0.15) is 4.98 Å². The van der Waals surface area contributed by atoms with Gasteiger partial charge in [-0.1, -0.05) is 19.8 Å². The molecule has 1 saturated heterocycles. The zero-order valence-corrected chi connectivity index (χ0v) is 14.0. The van der Waals surface area contributed by atoms with Gasteiger partial charge in [-0.3, -0.25) is 9.88 Å². The maximum absolute atomic E-state index is 14.1. The number of rotatable bonds is 6. The van der Waals surface area contributed by atoms with Crippen molar-refractivity contribution in [3.8, 4) is 0 Å². The van der Waals surface area contributed by atoms with Crippen LogP contribution in [0, 0.1) is 5.82 Å². The predicted molar refractivity (Wildman–Crippen MR) is 84.5 cm³/mol. The van der Waals surface area contributed by atoms with Crippen molar-refractivity contribution in [1.29, 1.82) is 0 Å². The van der Waals surface area contributed by atoms with Crippen LogP contribution in [0.5, 0.6) is 0 Å². The second kappa shape index (κ2) is 8.37. The summed E-state index contributed by atoms with van der Waals surface area (Å²) in [5.41, 5.74) is -0.951. The molecule has 0 bridgehead atoms. The van der Waals surface area contributed by atoms with E-state index in [2.05, 4.69) is 10.3 Å². The van der Waals surface area contributed by atoms with Crippen molar-refractivity contribution < 1.29 is 28.9 Å². The zero-order valence-electron chi connectivity index (χ0n) is 14.0. The standard InChI is InChI=1S/C15H22FN3O6/c1-3-4-5-6-24-15(23)18-12-9(16)7-19(14(22)17-12)13-11(21)10(20)8(2)25-13/h7-8,10-11,13,20-21H,3-6H2,1-2H3,(H,17,18,22,23)/t8-,10-,11-,13-/m1/s1/i16-1. The summed E-state index contributed by atoms with van der Waals surface area (Å²) in [6.07, 6.45) is -2.25. The van der Waals surface area contributed by atoms with Crippen molar-refractivity contribution in [3.05, 3.63) is 22.5 Å². The van der Waals surface area contributed by atoms with Crippen molar-refractivity contribution in [2.24, 2.45) is 0 Å². The van der Waals surface area contributed by atoms with Crippen LogP contribution in [0.15, 0.2) is 11.0 Å². The van der Waals surface area contributed by atoms with Gasteiger partial charge in [0.2, 0.25) is 0 Å². The molecule has 4 atom stereocenters. The predicted octanol–water partition coefficient (Wildman–Crippen LogP) is 0.760. The minimum absolute atomic E-state index is 0.177. The molecule has 0 unspecified atom stereocenters. The van der Waals surface area contributed by atoms with E-state index < -0.39 is 48.0 Å². The Kier molecular flexibility index (Phi) is 6.45. The number of nitrogens with zero attached hydrogens (tertiary/aromatic N) is 2. The molecule has 1 aliphatic rings. The molecule has 0 spiro atoms. The van der Waals surface area contributed by atoms with E-state index in [0.29, 0.717) is 6.42 Å². The highest BCUT2D eigenvalue weighted by Crippen LogP contribution is 2.28. The SMILES string of the molecule is CCCCCOC(=O)Nc1nc(=O)n([C@@H]2O[C@H](C)[C@@H](O)[C@H]2O)cc1[18F]. The first-order valence-corrected chi connectivity index (χ1v) is 8.09. The number of carbonyl (C=O) groups excluding carboxylic acids is 1. The van der Waals surface area contributed by atoms with E-state index in [-0.39, 0.29) is 6.61 Å². The fraction of sp³-hybridized carbons (Fsp3) is 0.667. The van der Waals surface area contributed by atoms with Gasteiger partial charge in [0.1, 0.15) is 12.2 Å². The number of carbonyl (C=O) groups is 1. The van der Waals surface area contributed by atoms with Crippen LogP contribution >= 0.6 is 0 Å². The number of halogens is 1. The average molecular weight is 358 g/mol. The van der Waals surface area contributed by atoms with Gasteiger partial charge in [0.15, 0.2) is 17.9 Å². The molecule has 3 N–H and O–H groups in total. The highest BCUT2D eigenvalue weighted by Gasteiger charge is 2.42. The summed E-state index contributed by atoms with van der Waals surface area (Å²) in [5, 5.41) is 21.6. The number of aliphatic hydroxyl groups excluding tert-OH is 2. The molecule has 10 heteroatoms. The number of nitrogens with one attached hydrogen (secondary N) is 1. The van der Waals surface area contributed by atoms with Crippen LogP contribution in [0.4, 0.5) is 15.0 Å².